The van der Waals surface area contributed by atoms with Gasteiger partial charge in [0.25, 0.3) is 0 Å². The molecule has 0 heterocycles. The fourth-order valence-corrected chi connectivity index (χ4v) is 2.45. The van der Waals surface area contributed by atoms with Crippen LogP contribution in [0, 0.1) is 12.7 Å². The molecule has 3 heteroatoms. The summed E-state index contributed by atoms with van der Waals surface area (Å²) in [6.45, 7) is 2.31. The number of hydrogen-bond donors (Lipinski definition) is 1. The number of aryl methyl sites for hydroxylation is 1. The fourth-order valence-electron chi connectivity index (χ4n) is 2.45. The fraction of sp³-hybridized carbons (Fsp3) is 0.111. The lowest BCUT2D eigenvalue weighted by Crippen LogP contribution is -1.98. The maximum absolute atomic E-state index is 13.2. The van der Waals surface area contributed by atoms with Gasteiger partial charge in [-0.3, -0.25) is 0 Å². The summed E-state index contributed by atoms with van der Waals surface area (Å²) < 4.78 is 19.1. The van der Waals surface area contributed by atoms with Crippen molar-refractivity contribution in [2.24, 2.45) is 5.73 Å². The van der Waals surface area contributed by atoms with E-state index in [2.05, 4.69) is 0 Å². The Morgan fingerprint density at radius 2 is 1.67 bits per heavy atom. The van der Waals surface area contributed by atoms with E-state index in [9.17, 15) is 4.39 Å². The van der Waals surface area contributed by atoms with E-state index in [1.54, 1.807) is 6.07 Å². The van der Waals surface area contributed by atoms with Crippen LogP contribution in [-0.4, -0.2) is 0 Å². The highest BCUT2D eigenvalue weighted by Gasteiger charge is 2.08. The molecule has 3 rings (SSSR count). The first kappa shape index (κ1) is 13.6. The molecule has 0 unspecified atom stereocenters. The molecule has 0 amide bonds. The van der Waals surface area contributed by atoms with Gasteiger partial charge < -0.3 is 10.5 Å². The summed E-state index contributed by atoms with van der Waals surface area (Å²) in [6, 6.07) is 16.4. The topological polar surface area (TPSA) is 35.2 Å². The normalized spacial score (nSPS) is 10.8. The highest BCUT2D eigenvalue weighted by atomic mass is 19.1. The number of ether oxygens (including phenoxy) is 1. The van der Waals surface area contributed by atoms with Crippen molar-refractivity contribution in [1.82, 2.24) is 0 Å². The van der Waals surface area contributed by atoms with Gasteiger partial charge in [0.1, 0.15) is 17.3 Å². The van der Waals surface area contributed by atoms with Crippen LogP contribution < -0.4 is 10.5 Å². The second-order valence-corrected chi connectivity index (χ2v) is 4.98. The molecule has 106 valence electrons. The van der Waals surface area contributed by atoms with E-state index in [0.717, 1.165) is 27.6 Å². The van der Waals surface area contributed by atoms with E-state index in [4.69, 9.17) is 10.5 Å². The SMILES string of the molecule is Cc1cc(F)ccc1Oc1ccc(CN)c2ccccc12. The number of halogens is 1. The summed E-state index contributed by atoms with van der Waals surface area (Å²) in [7, 11) is 0. The number of benzene rings is 3. The Kier molecular flexibility index (Phi) is 3.59. The first-order valence-electron chi connectivity index (χ1n) is 6.84. The molecule has 0 atom stereocenters. The molecular weight excluding hydrogens is 265 g/mol. The summed E-state index contributed by atoms with van der Waals surface area (Å²) in [6.07, 6.45) is 0. The van der Waals surface area contributed by atoms with Crippen molar-refractivity contribution in [2.45, 2.75) is 13.5 Å². The summed E-state index contributed by atoms with van der Waals surface area (Å²) in [5.41, 5.74) is 7.62. The molecule has 0 saturated carbocycles. The number of rotatable bonds is 3. The van der Waals surface area contributed by atoms with Gasteiger partial charge in [-0.15, -0.1) is 0 Å². The molecule has 0 spiro atoms. The van der Waals surface area contributed by atoms with E-state index in [1.807, 2.05) is 43.3 Å². The average Bonchev–Trinajstić information content (AvgIpc) is 2.50. The van der Waals surface area contributed by atoms with Gasteiger partial charge in [-0.1, -0.05) is 30.3 Å². The Labute approximate surface area is 123 Å². The third-order valence-electron chi connectivity index (χ3n) is 3.55. The van der Waals surface area contributed by atoms with E-state index in [1.165, 1.54) is 12.1 Å². The van der Waals surface area contributed by atoms with Crippen molar-refractivity contribution >= 4 is 10.8 Å². The third-order valence-corrected chi connectivity index (χ3v) is 3.55. The van der Waals surface area contributed by atoms with Crippen molar-refractivity contribution in [3.63, 3.8) is 0 Å². The molecular formula is C18H16FNO. The highest BCUT2D eigenvalue weighted by molar-refractivity contribution is 5.91. The molecule has 0 aliphatic rings. The maximum atomic E-state index is 13.2. The van der Waals surface area contributed by atoms with Crippen molar-refractivity contribution in [3.05, 3.63) is 71.5 Å². The van der Waals surface area contributed by atoms with Crippen molar-refractivity contribution in [3.8, 4) is 11.5 Å². The standard InChI is InChI=1S/C18H16FNO/c1-12-10-14(19)7-9-17(12)21-18-8-6-13(11-20)15-4-2-3-5-16(15)18/h2-10H,11,20H2,1H3. The summed E-state index contributed by atoms with van der Waals surface area (Å²) in [5, 5.41) is 2.08. The van der Waals surface area contributed by atoms with Crippen LogP contribution in [0.15, 0.2) is 54.6 Å². The second kappa shape index (κ2) is 5.54. The van der Waals surface area contributed by atoms with E-state index in [0.29, 0.717) is 12.3 Å². The number of nitrogens with two attached hydrogens (primary N) is 1. The van der Waals surface area contributed by atoms with Crippen LogP contribution in [0.5, 0.6) is 11.5 Å². The monoisotopic (exact) mass is 281 g/mol. The van der Waals surface area contributed by atoms with Gasteiger partial charge >= 0.3 is 0 Å². The van der Waals surface area contributed by atoms with Gasteiger partial charge in [0, 0.05) is 11.9 Å². The first-order chi connectivity index (χ1) is 10.2. The average molecular weight is 281 g/mol. The molecule has 0 saturated heterocycles. The summed E-state index contributed by atoms with van der Waals surface area (Å²) in [4.78, 5) is 0. The Morgan fingerprint density at radius 3 is 2.38 bits per heavy atom. The first-order valence-corrected chi connectivity index (χ1v) is 6.84. The Morgan fingerprint density at radius 1 is 0.952 bits per heavy atom. The minimum atomic E-state index is -0.261. The smallest absolute Gasteiger partial charge is 0.135 e. The minimum Gasteiger partial charge on any atom is -0.456 e. The second-order valence-electron chi connectivity index (χ2n) is 4.98. The molecule has 0 aliphatic heterocycles. The molecule has 3 aromatic rings. The molecule has 0 aliphatic carbocycles. The highest BCUT2D eigenvalue weighted by Crippen LogP contribution is 2.33. The zero-order valence-corrected chi connectivity index (χ0v) is 11.8. The Bertz CT molecular complexity index is 798. The number of hydrogen-bond acceptors (Lipinski definition) is 2. The van der Waals surface area contributed by atoms with Crippen molar-refractivity contribution in [1.29, 1.82) is 0 Å². The minimum absolute atomic E-state index is 0.261. The molecule has 2 nitrogen and oxygen atoms in total. The Balaban J connectivity index is 2.09. The van der Waals surface area contributed by atoms with Gasteiger partial charge in [0.2, 0.25) is 0 Å². The lowest BCUT2D eigenvalue weighted by Gasteiger charge is -2.13. The van der Waals surface area contributed by atoms with Crippen LogP contribution in [-0.2, 0) is 6.54 Å². The quantitative estimate of drug-likeness (QED) is 0.765. The molecule has 3 aromatic carbocycles. The predicted molar refractivity (Wildman–Crippen MR) is 83.1 cm³/mol. The third kappa shape index (κ3) is 2.60. The van der Waals surface area contributed by atoms with Crippen LogP contribution in [0.4, 0.5) is 4.39 Å². The molecule has 0 bridgehead atoms. The van der Waals surface area contributed by atoms with Crippen LogP contribution >= 0.6 is 0 Å². The molecule has 2 N–H and O–H groups in total. The zero-order valence-electron chi connectivity index (χ0n) is 11.8. The lowest BCUT2D eigenvalue weighted by atomic mass is 10.0. The Hall–Kier alpha value is -2.39. The van der Waals surface area contributed by atoms with Crippen LogP contribution in [0.25, 0.3) is 10.8 Å². The van der Waals surface area contributed by atoms with Gasteiger partial charge in [-0.25, -0.2) is 4.39 Å². The van der Waals surface area contributed by atoms with Crippen LogP contribution in [0.2, 0.25) is 0 Å². The molecule has 0 fully saturated rings. The van der Waals surface area contributed by atoms with Gasteiger partial charge in [0.05, 0.1) is 0 Å². The van der Waals surface area contributed by atoms with Crippen LogP contribution in [0.1, 0.15) is 11.1 Å². The van der Waals surface area contributed by atoms with E-state index < -0.39 is 0 Å². The van der Waals surface area contributed by atoms with Crippen molar-refractivity contribution in [2.75, 3.05) is 0 Å². The van der Waals surface area contributed by atoms with E-state index >= 15 is 0 Å². The molecule has 0 radical (unpaired) electrons. The number of fused-ring (bicyclic) bond motifs is 1. The predicted octanol–water partition coefficient (Wildman–Crippen LogP) is 4.54. The van der Waals surface area contributed by atoms with Gasteiger partial charge in [-0.2, -0.15) is 0 Å². The molecule has 0 aromatic heterocycles. The van der Waals surface area contributed by atoms with E-state index in [-0.39, 0.29) is 5.82 Å². The summed E-state index contributed by atoms with van der Waals surface area (Å²) in [5.74, 6) is 1.14. The van der Waals surface area contributed by atoms with Gasteiger partial charge in [0.15, 0.2) is 0 Å². The molecule has 21 heavy (non-hydrogen) atoms. The largest absolute Gasteiger partial charge is 0.456 e. The van der Waals surface area contributed by atoms with Crippen LogP contribution in [0.3, 0.4) is 0 Å². The lowest BCUT2D eigenvalue weighted by molar-refractivity contribution is 0.482. The maximum Gasteiger partial charge on any atom is 0.135 e. The zero-order chi connectivity index (χ0) is 14.8. The van der Waals surface area contributed by atoms with Gasteiger partial charge in [-0.05, 0) is 47.7 Å². The van der Waals surface area contributed by atoms with Crippen molar-refractivity contribution < 1.29 is 9.13 Å². The summed E-state index contributed by atoms with van der Waals surface area (Å²) >= 11 is 0.